The lowest BCUT2D eigenvalue weighted by molar-refractivity contribution is -0.138. The van der Waals surface area contributed by atoms with Crippen LogP contribution in [0.3, 0.4) is 0 Å². The van der Waals surface area contributed by atoms with Gasteiger partial charge in [0.15, 0.2) is 5.16 Å². The van der Waals surface area contributed by atoms with Crippen LogP contribution >= 0.6 is 11.8 Å². The van der Waals surface area contributed by atoms with E-state index in [2.05, 4.69) is 24.0 Å². The van der Waals surface area contributed by atoms with Crippen molar-refractivity contribution in [1.29, 1.82) is 0 Å². The van der Waals surface area contributed by atoms with E-state index in [1.54, 1.807) is 25.2 Å². The number of imidazole rings is 1. The first-order valence-electron chi connectivity index (χ1n) is 9.18. The highest BCUT2D eigenvalue weighted by Gasteiger charge is 2.28. The van der Waals surface area contributed by atoms with Gasteiger partial charge in [0.25, 0.3) is 0 Å². The molecule has 1 aliphatic rings. The molecule has 1 aromatic carbocycles. The highest BCUT2D eigenvalue weighted by molar-refractivity contribution is 7.99. The molecule has 3 rings (SSSR count). The number of aromatic nitrogens is 2. The molecular formula is C20H26N4O2S. The van der Waals surface area contributed by atoms with E-state index in [1.807, 2.05) is 27.8 Å². The third-order valence-electron chi connectivity index (χ3n) is 4.94. The lowest BCUT2D eigenvalue weighted by Crippen LogP contribution is -2.43. The molecule has 7 heteroatoms. The maximum absolute atomic E-state index is 12.6. The summed E-state index contributed by atoms with van der Waals surface area (Å²) in [5.41, 5.74) is 2.24. The van der Waals surface area contributed by atoms with E-state index < -0.39 is 0 Å². The van der Waals surface area contributed by atoms with Gasteiger partial charge in [-0.2, -0.15) is 0 Å². The minimum Gasteiger partial charge on any atom is -0.349 e. The van der Waals surface area contributed by atoms with E-state index in [9.17, 15) is 9.59 Å². The second-order valence-corrected chi connectivity index (χ2v) is 7.99. The summed E-state index contributed by atoms with van der Waals surface area (Å²) in [6.45, 7) is 3.36. The second kappa shape index (κ2) is 8.61. The molecular weight excluding hydrogens is 360 g/mol. The quantitative estimate of drug-likeness (QED) is 0.741. The highest BCUT2D eigenvalue weighted by atomic mass is 32.2. The Morgan fingerprint density at radius 1 is 1.22 bits per heavy atom. The van der Waals surface area contributed by atoms with Gasteiger partial charge in [-0.1, -0.05) is 30.0 Å². The van der Waals surface area contributed by atoms with Crippen molar-refractivity contribution in [2.24, 2.45) is 5.92 Å². The average Bonchev–Trinajstić information content (AvgIpc) is 3.14. The summed E-state index contributed by atoms with van der Waals surface area (Å²) in [6, 6.07) is 8.13. The van der Waals surface area contributed by atoms with Gasteiger partial charge in [-0.05, 0) is 31.4 Å². The van der Waals surface area contributed by atoms with Crippen LogP contribution in [0.1, 0.15) is 18.4 Å². The molecule has 0 unspecified atom stereocenters. The molecule has 2 heterocycles. The average molecular weight is 387 g/mol. The van der Waals surface area contributed by atoms with Crippen molar-refractivity contribution in [3.05, 3.63) is 42.2 Å². The number of rotatable bonds is 5. The Morgan fingerprint density at radius 3 is 2.59 bits per heavy atom. The van der Waals surface area contributed by atoms with Crippen molar-refractivity contribution in [3.8, 4) is 5.69 Å². The molecule has 1 aromatic heterocycles. The maximum atomic E-state index is 12.6. The summed E-state index contributed by atoms with van der Waals surface area (Å²) < 4.78 is 2.02. The number of carbonyl (C=O) groups is 2. The van der Waals surface area contributed by atoms with E-state index >= 15 is 0 Å². The van der Waals surface area contributed by atoms with Crippen molar-refractivity contribution < 1.29 is 9.59 Å². The highest BCUT2D eigenvalue weighted by Crippen LogP contribution is 2.24. The molecule has 0 saturated carbocycles. The van der Waals surface area contributed by atoms with Gasteiger partial charge in [0.1, 0.15) is 0 Å². The second-order valence-electron chi connectivity index (χ2n) is 7.04. The van der Waals surface area contributed by atoms with Crippen LogP contribution < -0.4 is 0 Å². The number of carbonyl (C=O) groups excluding carboxylic acids is 2. The number of likely N-dealkylation sites (tertiary alicyclic amines) is 1. The van der Waals surface area contributed by atoms with Gasteiger partial charge in [-0.3, -0.25) is 14.2 Å². The van der Waals surface area contributed by atoms with Crippen LogP contribution in [0.15, 0.2) is 41.8 Å². The zero-order valence-corrected chi connectivity index (χ0v) is 16.9. The van der Waals surface area contributed by atoms with Crippen LogP contribution in [-0.4, -0.2) is 64.1 Å². The Kier molecular flexibility index (Phi) is 6.21. The molecule has 0 N–H and O–H groups in total. The standard InChI is InChI=1S/C20H26N4O2S/c1-15-6-4-5-7-17(15)24-13-10-21-20(24)27-14-18(25)23-11-8-16(9-12-23)19(26)22(2)3/h4-7,10,13,16H,8-9,11-12,14H2,1-3H3. The normalized spacial score (nSPS) is 15.0. The number of thioether (sulfide) groups is 1. The number of hydrogen-bond acceptors (Lipinski definition) is 4. The summed E-state index contributed by atoms with van der Waals surface area (Å²) in [5.74, 6) is 0.665. The van der Waals surface area contributed by atoms with Gasteiger partial charge in [0.05, 0.1) is 11.4 Å². The molecule has 6 nitrogen and oxygen atoms in total. The monoisotopic (exact) mass is 386 g/mol. The Bertz CT molecular complexity index is 810. The fraction of sp³-hybridized carbons (Fsp3) is 0.450. The molecule has 0 radical (unpaired) electrons. The predicted molar refractivity (Wildman–Crippen MR) is 107 cm³/mol. The van der Waals surface area contributed by atoms with Gasteiger partial charge in [0, 0.05) is 45.5 Å². The van der Waals surface area contributed by atoms with Crippen LogP contribution in [0.2, 0.25) is 0 Å². The summed E-state index contributed by atoms with van der Waals surface area (Å²) in [6.07, 6.45) is 5.17. The molecule has 1 saturated heterocycles. The van der Waals surface area contributed by atoms with Gasteiger partial charge in [-0.15, -0.1) is 0 Å². The first-order chi connectivity index (χ1) is 13.0. The van der Waals surface area contributed by atoms with E-state index in [1.165, 1.54) is 11.8 Å². The molecule has 144 valence electrons. The molecule has 27 heavy (non-hydrogen) atoms. The fourth-order valence-corrected chi connectivity index (χ4v) is 4.24. The molecule has 1 aliphatic heterocycles. The smallest absolute Gasteiger partial charge is 0.233 e. The van der Waals surface area contributed by atoms with Crippen molar-refractivity contribution in [3.63, 3.8) is 0 Å². The number of nitrogens with zero attached hydrogens (tertiary/aromatic N) is 4. The number of amides is 2. The number of hydrogen-bond donors (Lipinski definition) is 0. The topological polar surface area (TPSA) is 58.4 Å². The van der Waals surface area contributed by atoms with Gasteiger partial charge < -0.3 is 9.80 Å². The molecule has 0 aliphatic carbocycles. The Morgan fingerprint density at radius 2 is 1.93 bits per heavy atom. The van der Waals surface area contributed by atoms with Crippen molar-refractivity contribution in [2.45, 2.75) is 24.9 Å². The number of aryl methyl sites for hydroxylation is 1. The number of para-hydroxylation sites is 1. The van der Waals surface area contributed by atoms with Crippen LogP contribution in [0, 0.1) is 12.8 Å². The van der Waals surface area contributed by atoms with Crippen molar-refractivity contribution >= 4 is 23.6 Å². The molecule has 2 aromatic rings. The lowest BCUT2D eigenvalue weighted by atomic mass is 9.95. The Hall–Kier alpha value is -2.28. The van der Waals surface area contributed by atoms with E-state index in [4.69, 9.17) is 0 Å². The summed E-state index contributed by atoms with van der Waals surface area (Å²) in [4.78, 5) is 32.6. The minimum atomic E-state index is 0.0386. The van der Waals surface area contributed by atoms with Crippen molar-refractivity contribution in [2.75, 3.05) is 32.9 Å². The summed E-state index contributed by atoms with van der Waals surface area (Å²) >= 11 is 1.46. The van der Waals surface area contributed by atoms with Gasteiger partial charge in [0.2, 0.25) is 11.8 Å². The van der Waals surface area contributed by atoms with Crippen LogP contribution in [-0.2, 0) is 9.59 Å². The van der Waals surface area contributed by atoms with E-state index in [0.29, 0.717) is 18.8 Å². The van der Waals surface area contributed by atoms with Crippen LogP contribution in [0.4, 0.5) is 0 Å². The minimum absolute atomic E-state index is 0.0386. The summed E-state index contributed by atoms with van der Waals surface area (Å²) in [7, 11) is 3.57. The lowest BCUT2D eigenvalue weighted by Gasteiger charge is -2.32. The number of benzene rings is 1. The Labute approximate surface area is 164 Å². The molecule has 2 amide bonds. The first-order valence-corrected chi connectivity index (χ1v) is 10.2. The third kappa shape index (κ3) is 4.53. The van der Waals surface area contributed by atoms with Gasteiger partial charge in [-0.25, -0.2) is 4.98 Å². The zero-order valence-electron chi connectivity index (χ0n) is 16.1. The van der Waals surface area contributed by atoms with Crippen LogP contribution in [0.5, 0.6) is 0 Å². The maximum Gasteiger partial charge on any atom is 0.233 e. The van der Waals surface area contributed by atoms with Crippen LogP contribution in [0.25, 0.3) is 5.69 Å². The first kappa shape index (κ1) is 19.5. The predicted octanol–water partition coefficient (Wildman–Crippen LogP) is 2.60. The third-order valence-corrected chi connectivity index (χ3v) is 5.90. The fourth-order valence-electron chi connectivity index (χ4n) is 3.37. The molecule has 0 spiro atoms. The van der Waals surface area contributed by atoms with Crippen molar-refractivity contribution in [1.82, 2.24) is 19.4 Å². The summed E-state index contributed by atoms with van der Waals surface area (Å²) in [5, 5.41) is 0.815. The van der Waals surface area contributed by atoms with E-state index in [0.717, 1.165) is 29.2 Å². The van der Waals surface area contributed by atoms with E-state index in [-0.39, 0.29) is 17.7 Å². The SMILES string of the molecule is Cc1ccccc1-n1ccnc1SCC(=O)N1CCC(C(=O)N(C)C)CC1. The number of piperidine rings is 1. The Balaban J connectivity index is 1.56. The molecule has 0 bridgehead atoms. The molecule has 0 atom stereocenters. The largest absolute Gasteiger partial charge is 0.349 e. The molecule has 1 fully saturated rings. The zero-order chi connectivity index (χ0) is 19.4. The van der Waals surface area contributed by atoms with Gasteiger partial charge >= 0.3 is 0 Å².